The van der Waals surface area contributed by atoms with Crippen LogP contribution < -0.4 is 5.32 Å². The zero-order chi connectivity index (χ0) is 16.8. The minimum Gasteiger partial charge on any atom is -0.354 e. The lowest BCUT2D eigenvalue weighted by Gasteiger charge is -2.16. The van der Waals surface area contributed by atoms with Crippen molar-refractivity contribution < 1.29 is 4.79 Å². The molecule has 0 aliphatic heterocycles. The lowest BCUT2D eigenvalue weighted by atomic mass is 10.1. The highest BCUT2D eigenvalue weighted by Crippen LogP contribution is 2.13. The predicted molar refractivity (Wildman–Crippen MR) is 86.9 cm³/mol. The second kappa shape index (κ2) is 7.49. The van der Waals surface area contributed by atoms with Gasteiger partial charge in [-0.3, -0.25) is 9.48 Å². The largest absolute Gasteiger partial charge is 0.354 e. The van der Waals surface area contributed by atoms with Crippen LogP contribution in [0.5, 0.6) is 0 Å². The van der Waals surface area contributed by atoms with Crippen molar-refractivity contribution in [3.63, 3.8) is 0 Å². The normalized spacial score (nSPS) is 12.0. The van der Waals surface area contributed by atoms with E-state index in [1.807, 2.05) is 43.6 Å². The number of hydrogen-bond donors (Lipinski definition) is 1. The first-order valence-corrected chi connectivity index (χ1v) is 7.74. The van der Waals surface area contributed by atoms with Crippen molar-refractivity contribution in [1.82, 2.24) is 35.3 Å². The average molecular weight is 325 g/mol. The van der Waals surface area contributed by atoms with Crippen LogP contribution in [0.15, 0.2) is 49.1 Å². The minimum absolute atomic E-state index is 0.102. The maximum Gasteiger partial charge on any atom is 0.245 e. The van der Waals surface area contributed by atoms with Crippen molar-refractivity contribution in [2.24, 2.45) is 7.05 Å². The van der Waals surface area contributed by atoms with Crippen LogP contribution >= 0.6 is 0 Å². The molecular formula is C16H19N7O. The number of amides is 1. The van der Waals surface area contributed by atoms with E-state index in [-0.39, 0.29) is 5.91 Å². The van der Waals surface area contributed by atoms with Crippen LogP contribution in [0.3, 0.4) is 0 Å². The summed E-state index contributed by atoms with van der Waals surface area (Å²) >= 11 is 0. The summed E-state index contributed by atoms with van der Waals surface area (Å²) in [5.41, 5.74) is 2.14. The maximum absolute atomic E-state index is 12.6. The van der Waals surface area contributed by atoms with Crippen molar-refractivity contribution in [2.75, 3.05) is 6.54 Å². The second-order valence-electron chi connectivity index (χ2n) is 5.56. The van der Waals surface area contributed by atoms with E-state index >= 15 is 0 Å². The molecular weight excluding hydrogens is 306 g/mol. The molecule has 0 aliphatic carbocycles. The Morgan fingerprint density at radius 3 is 2.75 bits per heavy atom. The lowest BCUT2D eigenvalue weighted by molar-refractivity contribution is -0.124. The molecule has 8 nitrogen and oxygen atoms in total. The summed E-state index contributed by atoms with van der Waals surface area (Å²) < 4.78 is 3.24. The molecule has 1 amide bonds. The number of rotatable bonds is 7. The Kier molecular flexibility index (Phi) is 4.95. The van der Waals surface area contributed by atoms with E-state index in [2.05, 4.69) is 25.9 Å². The first-order valence-electron chi connectivity index (χ1n) is 7.74. The molecule has 0 saturated carbocycles. The SMILES string of the molecule is Cn1cc(CCNC(=O)[C@@H](Cc2ccccc2)n2cnnn2)cn1. The summed E-state index contributed by atoms with van der Waals surface area (Å²) in [6.07, 6.45) is 6.47. The van der Waals surface area contributed by atoms with Gasteiger partial charge in [0.05, 0.1) is 6.20 Å². The summed E-state index contributed by atoms with van der Waals surface area (Å²) in [6, 6.07) is 9.35. The molecule has 0 aliphatic rings. The number of nitrogens with zero attached hydrogens (tertiary/aromatic N) is 6. The molecule has 1 atom stereocenters. The molecule has 0 saturated heterocycles. The fourth-order valence-corrected chi connectivity index (χ4v) is 2.50. The van der Waals surface area contributed by atoms with Crippen LogP contribution in [0, 0.1) is 0 Å². The molecule has 0 fully saturated rings. The van der Waals surface area contributed by atoms with Crippen LogP contribution in [-0.4, -0.2) is 42.4 Å². The number of tetrazole rings is 1. The first kappa shape index (κ1) is 15.9. The van der Waals surface area contributed by atoms with Gasteiger partial charge in [0.1, 0.15) is 12.4 Å². The van der Waals surface area contributed by atoms with Crippen LogP contribution in [0.1, 0.15) is 17.2 Å². The molecule has 24 heavy (non-hydrogen) atoms. The van der Waals surface area contributed by atoms with Gasteiger partial charge in [-0.25, -0.2) is 4.68 Å². The van der Waals surface area contributed by atoms with E-state index in [0.717, 1.165) is 17.5 Å². The Labute approximate surface area is 139 Å². The fraction of sp³-hybridized carbons (Fsp3) is 0.312. The average Bonchev–Trinajstić information content (AvgIpc) is 3.25. The zero-order valence-electron chi connectivity index (χ0n) is 13.4. The van der Waals surface area contributed by atoms with Crippen molar-refractivity contribution in [2.45, 2.75) is 18.9 Å². The van der Waals surface area contributed by atoms with Crippen molar-refractivity contribution >= 4 is 5.91 Å². The number of aryl methyl sites for hydroxylation is 1. The molecule has 0 unspecified atom stereocenters. The van der Waals surface area contributed by atoms with E-state index in [1.165, 1.54) is 11.0 Å². The molecule has 2 aromatic heterocycles. The number of carbonyl (C=O) groups is 1. The molecule has 3 rings (SSSR count). The van der Waals surface area contributed by atoms with Gasteiger partial charge >= 0.3 is 0 Å². The Balaban J connectivity index is 1.63. The zero-order valence-corrected chi connectivity index (χ0v) is 13.4. The molecule has 1 N–H and O–H groups in total. The Morgan fingerprint density at radius 1 is 1.25 bits per heavy atom. The van der Waals surface area contributed by atoms with Gasteiger partial charge in [0.15, 0.2) is 0 Å². The Morgan fingerprint density at radius 2 is 2.08 bits per heavy atom. The lowest BCUT2D eigenvalue weighted by Crippen LogP contribution is -2.35. The van der Waals surface area contributed by atoms with Crippen LogP contribution in [-0.2, 0) is 24.7 Å². The number of aromatic nitrogens is 6. The molecule has 1 aromatic carbocycles. The van der Waals surface area contributed by atoms with Crippen molar-refractivity contribution in [3.8, 4) is 0 Å². The van der Waals surface area contributed by atoms with E-state index < -0.39 is 6.04 Å². The van der Waals surface area contributed by atoms with Gasteiger partial charge in [0.2, 0.25) is 5.91 Å². The summed E-state index contributed by atoms with van der Waals surface area (Å²) in [7, 11) is 1.87. The second-order valence-corrected chi connectivity index (χ2v) is 5.56. The first-order chi connectivity index (χ1) is 11.7. The Bertz CT molecular complexity index is 767. The van der Waals surface area contributed by atoms with Gasteiger partial charge in [-0.1, -0.05) is 30.3 Å². The highest BCUT2D eigenvalue weighted by Gasteiger charge is 2.21. The predicted octanol–water partition coefficient (Wildman–Crippen LogP) is 0.549. The van der Waals surface area contributed by atoms with Gasteiger partial charge in [0, 0.05) is 26.2 Å². The highest BCUT2D eigenvalue weighted by molar-refractivity contribution is 5.80. The van der Waals surface area contributed by atoms with Crippen molar-refractivity contribution in [3.05, 3.63) is 60.2 Å². The molecule has 8 heteroatoms. The maximum atomic E-state index is 12.6. The van der Waals surface area contributed by atoms with E-state index in [1.54, 1.807) is 10.9 Å². The van der Waals surface area contributed by atoms with E-state index in [4.69, 9.17) is 0 Å². The smallest absolute Gasteiger partial charge is 0.245 e. The molecule has 124 valence electrons. The minimum atomic E-state index is -0.476. The van der Waals surface area contributed by atoms with Gasteiger partial charge in [-0.15, -0.1) is 5.10 Å². The molecule has 0 bridgehead atoms. The standard InChI is InChI=1S/C16H19N7O/c1-22-11-14(10-19-22)7-8-17-16(24)15(23-12-18-20-21-23)9-13-5-3-2-4-6-13/h2-6,10-12,15H,7-9H2,1H3,(H,17,24)/t15-/m1/s1. The number of carbonyl (C=O) groups excluding carboxylic acids is 1. The third-order valence-corrected chi connectivity index (χ3v) is 3.73. The van der Waals surface area contributed by atoms with Gasteiger partial charge in [0.25, 0.3) is 0 Å². The van der Waals surface area contributed by atoms with Crippen LogP contribution in [0.4, 0.5) is 0 Å². The van der Waals surface area contributed by atoms with Crippen LogP contribution in [0.2, 0.25) is 0 Å². The third-order valence-electron chi connectivity index (χ3n) is 3.73. The quantitative estimate of drug-likeness (QED) is 0.685. The molecule has 0 radical (unpaired) electrons. The number of hydrogen-bond acceptors (Lipinski definition) is 5. The summed E-state index contributed by atoms with van der Waals surface area (Å²) in [4.78, 5) is 12.6. The van der Waals surface area contributed by atoms with Gasteiger partial charge in [-0.05, 0) is 28.0 Å². The van der Waals surface area contributed by atoms with Gasteiger partial charge in [-0.2, -0.15) is 5.10 Å². The summed E-state index contributed by atoms with van der Waals surface area (Å²) in [5, 5.41) is 18.2. The monoisotopic (exact) mass is 325 g/mol. The molecule has 3 aromatic rings. The van der Waals surface area contributed by atoms with E-state index in [9.17, 15) is 4.79 Å². The fourth-order valence-electron chi connectivity index (χ4n) is 2.50. The molecule has 2 heterocycles. The van der Waals surface area contributed by atoms with Crippen molar-refractivity contribution in [1.29, 1.82) is 0 Å². The summed E-state index contributed by atoms with van der Waals surface area (Å²) in [6.45, 7) is 0.540. The third kappa shape index (κ3) is 4.03. The Hall–Kier alpha value is -3.03. The topological polar surface area (TPSA) is 90.5 Å². The highest BCUT2D eigenvalue weighted by atomic mass is 16.2. The van der Waals surface area contributed by atoms with E-state index in [0.29, 0.717) is 13.0 Å². The summed E-state index contributed by atoms with van der Waals surface area (Å²) in [5.74, 6) is -0.102. The molecule has 0 spiro atoms. The number of nitrogens with one attached hydrogen (secondary N) is 1. The van der Waals surface area contributed by atoms with Gasteiger partial charge < -0.3 is 5.32 Å². The number of benzene rings is 1. The van der Waals surface area contributed by atoms with Crippen LogP contribution in [0.25, 0.3) is 0 Å².